The van der Waals surface area contributed by atoms with E-state index in [4.69, 9.17) is 11.6 Å². The van der Waals surface area contributed by atoms with Gasteiger partial charge in [0.2, 0.25) is 10.0 Å². The second kappa shape index (κ2) is 11.4. The van der Waals surface area contributed by atoms with Gasteiger partial charge in [-0.2, -0.15) is 4.31 Å². The van der Waals surface area contributed by atoms with Crippen molar-refractivity contribution >= 4 is 38.5 Å². The Hall–Kier alpha value is -3.10. The van der Waals surface area contributed by atoms with E-state index in [0.717, 1.165) is 16.5 Å². The van der Waals surface area contributed by atoms with Gasteiger partial charge >= 0.3 is 0 Å². The molecule has 0 bridgehead atoms. The van der Waals surface area contributed by atoms with Crippen molar-refractivity contribution in [3.8, 4) is 0 Å². The van der Waals surface area contributed by atoms with E-state index in [-0.39, 0.29) is 11.4 Å². The topological polar surface area (TPSA) is 75.2 Å². The number of fused-ring (bicyclic) bond motifs is 1. The molecular formula is C26H25ClN4O2S. The Labute approximate surface area is 205 Å². The third-order valence-electron chi connectivity index (χ3n) is 5.32. The highest BCUT2D eigenvalue weighted by Crippen LogP contribution is 2.26. The van der Waals surface area contributed by atoms with Crippen LogP contribution in [0.25, 0.3) is 16.8 Å². The average Bonchev–Trinajstić information content (AvgIpc) is 2.86. The number of halogens is 1. The summed E-state index contributed by atoms with van der Waals surface area (Å²) in [4.78, 5) is 8.52. The molecule has 1 N–H and O–H groups in total. The number of pyridine rings is 2. The largest absolute Gasteiger partial charge is 0.312 e. The number of nitrogens with one attached hydrogen (secondary N) is 1. The summed E-state index contributed by atoms with van der Waals surface area (Å²) in [5.41, 5.74) is 1.88. The fourth-order valence-corrected chi connectivity index (χ4v) is 5.36. The quantitative estimate of drug-likeness (QED) is 0.322. The first-order chi connectivity index (χ1) is 16.5. The first-order valence-electron chi connectivity index (χ1n) is 10.9. The summed E-state index contributed by atoms with van der Waals surface area (Å²) in [5, 5.41) is 5.45. The minimum atomic E-state index is -3.76. The first kappa shape index (κ1) is 24.0. The van der Waals surface area contributed by atoms with Crippen molar-refractivity contribution in [2.75, 3.05) is 19.6 Å². The summed E-state index contributed by atoms with van der Waals surface area (Å²) < 4.78 is 28.9. The van der Waals surface area contributed by atoms with E-state index in [2.05, 4.69) is 15.3 Å². The summed E-state index contributed by atoms with van der Waals surface area (Å²) in [5.74, 6) is 0. The molecule has 0 unspecified atom stereocenters. The highest BCUT2D eigenvalue weighted by atomic mass is 35.5. The molecule has 4 rings (SSSR count). The zero-order valence-electron chi connectivity index (χ0n) is 18.5. The zero-order chi connectivity index (χ0) is 23.8. The van der Waals surface area contributed by atoms with Crippen LogP contribution in [0, 0.1) is 0 Å². The van der Waals surface area contributed by atoms with Gasteiger partial charge in [0.15, 0.2) is 0 Å². The molecule has 4 aromatic rings. The molecule has 2 aromatic carbocycles. The Kier molecular flexibility index (Phi) is 8.03. The predicted octanol–water partition coefficient (Wildman–Crippen LogP) is 4.78. The van der Waals surface area contributed by atoms with Crippen LogP contribution in [0.4, 0.5) is 0 Å². The highest BCUT2D eigenvalue weighted by Gasteiger charge is 2.26. The predicted molar refractivity (Wildman–Crippen MR) is 137 cm³/mol. The van der Waals surface area contributed by atoms with Crippen LogP contribution in [0.1, 0.15) is 11.1 Å². The van der Waals surface area contributed by atoms with Crippen molar-refractivity contribution in [3.05, 3.63) is 108 Å². The smallest absolute Gasteiger partial charge is 0.244 e. The van der Waals surface area contributed by atoms with Crippen molar-refractivity contribution in [2.45, 2.75) is 11.4 Å². The van der Waals surface area contributed by atoms with Crippen molar-refractivity contribution in [2.24, 2.45) is 0 Å². The van der Waals surface area contributed by atoms with Crippen LogP contribution in [-0.4, -0.2) is 42.3 Å². The fraction of sp³-hybridized carbons (Fsp3) is 0.154. The number of rotatable bonds is 10. The Morgan fingerprint density at radius 2 is 1.76 bits per heavy atom. The lowest BCUT2D eigenvalue weighted by Gasteiger charge is -2.23. The summed E-state index contributed by atoms with van der Waals surface area (Å²) in [6.07, 6.45) is 10.7. The third-order valence-corrected chi connectivity index (χ3v) is 7.48. The molecule has 0 fully saturated rings. The van der Waals surface area contributed by atoms with E-state index >= 15 is 0 Å². The van der Waals surface area contributed by atoms with Gasteiger partial charge in [0.05, 0.1) is 4.90 Å². The van der Waals surface area contributed by atoms with E-state index in [1.165, 1.54) is 4.31 Å². The van der Waals surface area contributed by atoms with Gasteiger partial charge in [-0.1, -0.05) is 54.1 Å². The van der Waals surface area contributed by atoms with Crippen LogP contribution in [-0.2, 0) is 16.6 Å². The maximum atomic E-state index is 13.7. The average molecular weight is 493 g/mol. The molecule has 0 saturated carbocycles. The standard InChI is InChI=1S/C26H25ClN4O2S/c27-24-10-8-21(9-11-24)4-2-13-28-16-17-31(20-22-5-3-14-29-18-22)34(32,33)26-7-1-6-23-19-30-15-12-25(23)26/h1-12,14-15,18-19,28H,13,16-17,20H2/b4-2+. The fourth-order valence-electron chi connectivity index (χ4n) is 3.59. The molecule has 0 amide bonds. The summed E-state index contributed by atoms with van der Waals surface area (Å²) in [6.45, 7) is 1.66. The van der Waals surface area contributed by atoms with Gasteiger partial charge < -0.3 is 5.32 Å². The minimum Gasteiger partial charge on any atom is -0.312 e. The Morgan fingerprint density at radius 1 is 0.941 bits per heavy atom. The van der Waals surface area contributed by atoms with Crippen LogP contribution in [0.2, 0.25) is 5.02 Å². The van der Waals surface area contributed by atoms with Crippen LogP contribution >= 0.6 is 11.6 Å². The van der Waals surface area contributed by atoms with Crippen LogP contribution < -0.4 is 5.32 Å². The lowest BCUT2D eigenvalue weighted by molar-refractivity contribution is 0.402. The number of hydrogen-bond acceptors (Lipinski definition) is 5. The van der Waals surface area contributed by atoms with Crippen LogP contribution in [0.5, 0.6) is 0 Å². The number of aromatic nitrogens is 2. The maximum absolute atomic E-state index is 13.7. The summed E-state index contributed by atoms with van der Waals surface area (Å²) in [6, 6.07) is 18.3. The molecule has 0 atom stereocenters. The molecule has 0 aliphatic heterocycles. The zero-order valence-corrected chi connectivity index (χ0v) is 20.1. The Bertz CT molecular complexity index is 1360. The molecule has 174 valence electrons. The lowest BCUT2D eigenvalue weighted by atomic mass is 10.2. The van der Waals surface area contributed by atoms with E-state index in [1.54, 1.807) is 43.0 Å². The van der Waals surface area contributed by atoms with E-state index in [1.807, 2.05) is 54.6 Å². The molecule has 0 aliphatic carbocycles. The second-order valence-corrected chi connectivity index (χ2v) is 10.1. The molecule has 2 aromatic heterocycles. The van der Waals surface area contributed by atoms with Gasteiger partial charge in [0, 0.05) is 66.8 Å². The monoisotopic (exact) mass is 492 g/mol. The third kappa shape index (κ3) is 6.07. The van der Waals surface area contributed by atoms with E-state index in [0.29, 0.717) is 30.0 Å². The molecule has 6 nitrogen and oxygen atoms in total. The number of benzene rings is 2. The van der Waals surface area contributed by atoms with Crippen molar-refractivity contribution in [1.29, 1.82) is 0 Å². The summed E-state index contributed by atoms with van der Waals surface area (Å²) in [7, 11) is -3.76. The number of hydrogen-bond donors (Lipinski definition) is 1. The van der Waals surface area contributed by atoms with Gasteiger partial charge in [-0.05, 0) is 41.5 Å². The molecule has 0 spiro atoms. The van der Waals surface area contributed by atoms with Gasteiger partial charge in [-0.15, -0.1) is 0 Å². The SMILES string of the molecule is O=S(=O)(c1cccc2cnccc12)N(CCNC/C=C/c1ccc(Cl)cc1)Cc1cccnc1. The van der Waals surface area contributed by atoms with Gasteiger partial charge in [0.1, 0.15) is 0 Å². The van der Waals surface area contributed by atoms with E-state index < -0.39 is 10.0 Å². The van der Waals surface area contributed by atoms with Crippen LogP contribution in [0.15, 0.2) is 96.4 Å². The van der Waals surface area contributed by atoms with Gasteiger partial charge in [0.25, 0.3) is 0 Å². The van der Waals surface area contributed by atoms with Crippen molar-refractivity contribution < 1.29 is 8.42 Å². The van der Waals surface area contributed by atoms with Crippen LogP contribution in [0.3, 0.4) is 0 Å². The molecular weight excluding hydrogens is 468 g/mol. The molecule has 8 heteroatoms. The van der Waals surface area contributed by atoms with E-state index in [9.17, 15) is 8.42 Å². The second-order valence-electron chi connectivity index (χ2n) is 7.71. The Balaban J connectivity index is 1.48. The molecule has 34 heavy (non-hydrogen) atoms. The normalized spacial score (nSPS) is 12.1. The molecule has 0 saturated heterocycles. The van der Waals surface area contributed by atoms with Gasteiger partial charge in [-0.25, -0.2) is 8.42 Å². The number of nitrogens with zero attached hydrogens (tertiary/aromatic N) is 3. The maximum Gasteiger partial charge on any atom is 0.244 e. The molecule has 0 radical (unpaired) electrons. The Morgan fingerprint density at radius 3 is 2.56 bits per heavy atom. The summed E-state index contributed by atoms with van der Waals surface area (Å²) >= 11 is 5.92. The van der Waals surface area contributed by atoms with Crippen molar-refractivity contribution in [1.82, 2.24) is 19.6 Å². The highest BCUT2D eigenvalue weighted by molar-refractivity contribution is 7.89. The van der Waals surface area contributed by atoms with Gasteiger partial charge in [-0.3, -0.25) is 9.97 Å². The number of sulfonamides is 1. The minimum absolute atomic E-state index is 0.236. The van der Waals surface area contributed by atoms with Crippen molar-refractivity contribution in [3.63, 3.8) is 0 Å². The molecule has 2 heterocycles. The molecule has 0 aliphatic rings. The lowest BCUT2D eigenvalue weighted by Crippen LogP contribution is -2.36. The first-order valence-corrected chi connectivity index (χ1v) is 12.7.